The van der Waals surface area contributed by atoms with E-state index in [1.807, 2.05) is 25.1 Å². The van der Waals surface area contributed by atoms with Crippen LogP contribution in [0, 0.1) is 6.92 Å². The normalized spacial score (nSPS) is 16.4. The fraction of sp³-hybridized carbons (Fsp3) is 0.409. The molecule has 4 rings (SSSR count). The van der Waals surface area contributed by atoms with Crippen molar-refractivity contribution in [3.05, 3.63) is 53.1 Å². The van der Waals surface area contributed by atoms with Gasteiger partial charge in [0.1, 0.15) is 13.2 Å². The topological polar surface area (TPSA) is 50.8 Å². The fourth-order valence-electron chi connectivity index (χ4n) is 3.84. The molecule has 0 saturated heterocycles. The number of hydrogen-bond donors (Lipinski definition) is 1. The van der Waals surface area contributed by atoms with Gasteiger partial charge in [0.2, 0.25) is 5.91 Å². The van der Waals surface area contributed by atoms with Crippen LogP contribution in [0.3, 0.4) is 0 Å². The van der Waals surface area contributed by atoms with Crippen molar-refractivity contribution in [2.75, 3.05) is 31.2 Å². The fourth-order valence-corrected chi connectivity index (χ4v) is 3.84. The quantitative estimate of drug-likeness (QED) is 0.901. The summed E-state index contributed by atoms with van der Waals surface area (Å²) in [4.78, 5) is 14.8. The molecule has 2 aromatic rings. The lowest BCUT2D eigenvalue weighted by Gasteiger charge is -2.31. The zero-order valence-corrected chi connectivity index (χ0v) is 16.0. The number of fused-ring (bicyclic) bond motifs is 2. The monoisotopic (exact) mass is 366 g/mol. The largest absolute Gasteiger partial charge is 0.486 e. The molecule has 1 amide bonds. The Labute approximate surface area is 160 Å². The summed E-state index contributed by atoms with van der Waals surface area (Å²) in [5.74, 6) is 1.55. The maximum atomic E-state index is 12.7. The molecule has 0 aromatic heterocycles. The van der Waals surface area contributed by atoms with Crippen molar-refractivity contribution in [2.24, 2.45) is 0 Å². The second-order valence-corrected chi connectivity index (χ2v) is 7.35. The number of nitrogens with zero attached hydrogens (tertiary/aromatic N) is 1. The number of carbonyl (C=O) groups is 1. The Kier molecular flexibility index (Phi) is 4.92. The Morgan fingerprint density at radius 3 is 2.81 bits per heavy atom. The molecule has 0 saturated carbocycles. The average Bonchev–Trinajstić information content (AvgIpc) is 2.67. The smallest absolute Gasteiger partial charge is 0.239 e. The highest BCUT2D eigenvalue weighted by atomic mass is 16.6. The molecular formula is C22H26N2O3. The molecule has 0 unspecified atom stereocenters. The van der Waals surface area contributed by atoms with Crippen LogP contribution in [-0.4, -0.2) is 32.2 Å². The second kappa shape index (κ2) is 7.51. The highest BCUT2D eigenvalue weighted by molar-refractivity contribution is 5.82. The molecule has 0 radical (unpaired) electrons. The van der Waals surface area contributed by atoms with Crippen LogP contribution >= 0.6 is 0 Å². The van der Waals surface area contributed by atoms with E-state index in [4.69, 9.17) is 9.47 Å². The second-order valence-electron chi connectivity index (χ2n) is 7.35. The average molecular weight is 366 g/mol. The minimum Gasteiger partial charge on any atom is -0.486 e. The van der Waals surface area contributed by atoms with Crippen molar-refractivity contribution in [2.45, 2.75) is 32.7 Å². The minimum atomic E-state index is -0.0874. The summed E-state index contributed by atoms with van der Waals surface area (Å²) in [5.41, 5.74) is 4.82. The van der Waals surface area contributed by atoms with Crippen LogP contribution in [0.1, 0.15) is 36.1 Å². The maximum absolute atomic E-state index is 12.7. The number of carbonyl (C=O) groups excluding carboxylic acids is 1. The van der Waals surface area contributed by atoms with Gasteiger partial charge in [0.25, 0.3) is 0 Å². The van der Waals surface area contributed by atoms with Gasteiger partial charge in [0.15, 0.2) is 11.5 Å². The van der Waals surface area contributed by atoms with Crippen LogP contribution in [0.2, 0.25) is 0 Å². The summed E-state index contributed by atoms with van der Waals surface area (Å²) in [6, 6.07) is 12.3. The number of benzene rings is 2. The van der Waals surface area contributed by atoms with Gasteiger partial charge in [-0.3, -0.25) is 4.79 Å². The summed E-state index contributed by atoms with van der Waals surface area (Å²) in [6.45, 7) is 6.55. The lowest BCUT2D eigenvalue weighted by molar-refractivity contribution is -0.120. The standard InChI is InChI=1S/C22H26N2O3/c1-15-5-7-19-18(12-15)4-3-9-24(19)14-22(25)23-16(2)17-6-8-20-21(13-17)27-11-10-26-20/h5-8,12-13,16H,3-4,9-11,14H2,1-2H3,(H,23,25)/t16-/m0/s1. The van der Waals surface area contributed by atoms with Gasteiger partial charge in [0.05, 0.1) is 12.6 Å². The van der Waals surface area contributed by atoms with Crippen molar-refractivity contribution < 1.29 is 14.3 Å². The molecule has 2 aliphatic rings. The Morgan fingerprint density at radius 2 is 1.96 bits per heavy atom. The number of ether oxygens (including phenoxy) is 2. The molecule has 0 spiro atoms. The molecule has 0 aliphatic carbocycles. The molecule has 27 heavy (non-hydrogen) atoms. The molecule has 2 aromatic carbocycles. The third kappa shape index (κ3) is 3.87. The van der Waals surface area contributed by atoms with Crippen LogP contribution in [0.25, 0.3) is 0 Å². The van der Waals surface area contributed by atoms with Crippen molar-refractivity contribution >= 4 is 11.6 Å². The first kappa shape index (κ1) is 17.7. The van der Waals surface area contributed by atoms with Crippen molar-refractivity contribution in [3.63, 3.8) is 0 Å². The number of aryl methyl sites for hydroxylation is 2. The number of nitrogens with one attached hydrogen (secondary N) is 1. The van der Waals surface area contributed by atoms with E-state index in [1.165, 1.54) is 16.8 Å². The van der Waals surface area contributed by atoms with E-state index in [9.17, 15) is 4.79 Å². The molecule has 2 aliphatic heterocycles. The summed E-state index contributed by atoms with van der Waals surface area (Å²) in [5, 5.41) is 3.12. The zero-order chi connectivity index (χ0) is 18.8. The van der Waals surface area contributed by atoms with E-state index >= 15 is 0 Å². The third-order valence-electron chi connectivity index (χ3n) is 5.23. The number of hydrogen-bond acceptors (Lipinski definition) is 4. The van der Waals surface area contributed by atoms with Crippen LogP contribution in [0.15, 0.2) is 36.4 Å². The molecule has 0 fully saturated rings. The first-order valence-corrected chi connectivity index (χ1v) is 9.63. The Morgan fingerprint density at radius 1 is 1.15 bits per heavy atom. The first-order chi connectivity index (χ1) is 13.1. The highest BCUT2D eigenvalue weighted by Gasteiger charge is 2.21. The molecule has 5 heteroatoms. The predicted molar refractivity (Wildman–Crippen MR) is 106 cm³/mol. The van der Waals surface area contributed by atoms with Gasteiger partial charge in [-0.15, -0.1) is 0 Å². The minimum absolute atomic E-state index is 0.0332. The molecule has 5 nitrogen and oxygen atoms in total. The zero-order valence-electron chi connectivity index (χ0n) is 16.0. The van der Waals surface area contributed by atoms with Gasteiger partial charge in [0, 0.05) is 12.2 Å². The van der Waals surface area contributed by atoms with E-state index in [2.05, 4.69) is 35.3 Å². The SMILES string of the molecule is Cc1ccc2c(c1)CCCN2CC(=O)N[C@@H](C)c1ccc2c(c1)OCCO2. The van der Waals surface area contributed by atoms with Gasteiger partial charge in [-0.25, -0.2) is 0 Å². The molecule has 1 N–H and O–H groups in total. The first-order valence-electron chi connectivity index (χ1n) is 9.63. The molecular weight excluding hydrogens is 340 g/mol. The van der Waals surface area contributed by atoms with Crippen molar-refractivity contribution in [3.8, 4) is 11.5 Å². The van der Waals surface area contributed by atoms with Gasteiger partial charge in [-0.1, -0.05) is 23.8 Å². The van der Waals surface area contributed by atoms with Crippen molar-refractivity contribution in [1.29, 1.82) is 0 Å². The summed E-state index contributed by atoms with van der Waals surface area (Å²) in [6.07, 6.45) is 2.17. The Balaban J connectivity index is 1.41. The highest BCUT2D eigenvalue weighted by Crippen LogP contribution is 2.32. The van der Waals surface area contributed by atoms with Crippen LogP contribution in [0.5, 0.6) is 11.5 Å². The summed E-state index contributed by atoms with van der Waals surface area (Å²) >= 11 is 0. The summed E-state index contributed by atoms with van der Waals surface area (Å²) < 4.78 is 11.2. The number of rotatable bonds is 4. The molecule has 1 atom stereocenters. The predicted octanol–water partition coefficient (Wildman–Crippen LogP) is 3.40. The van der Waals surface area contributed by atoms with E-state index < -0.39 is 0 Å². The van der Waals surface area contributed by atoms with Crippen LogP contribution in [-0.2, 0) is 11.2 Å². The summed E-state index contributed by atoms with van der Waals surface area (Å²) in [7, 11) is 0. The van der Waals surface area contributed by atoms with Gasteiger partial charge < -0.3 is 19.7 Å². The Bertz CT molecular complexity index is 849. The maximum Gasteiger partial charge on any atom is 0.239 e. The van der Waals surface area contributed by atoms with Gasteiger partial charge in [-0.05, 0) is 56.0 Å². The van der Waals surface area contributed by atoms with E-state index in [0.717, 1.165) is 36.4 Å². The number of anilines is 1. The molecule has 2 heterocycles. The lowest BCUT2D eigenvalue weighted by atomic mass is 9.99. The lowest BCUT2D eigenvalue weighted by Crippen LogP contribution is -2.40. The van der Waals surface area contributed by atoms with Gasteiger partial charge >= 0.3 is 0 Å². The van der Waals surface area contributed by atoms with Crippen LogP contribution < -0.4 is 19.7 Å². The van der Waals surface area contributed by atoms with Gasteiger partial charge in [-0.2, -0.15) is 0 Å². The number of amides is 1. The molecule has 142 valence electrons. The van der Waals surface area contributed by atoms with Crippen molar-refractivity contribution in [1.82, 2.24) is 5.32 Å². The Hall–Kier alpha value is -2.69. The third-order valence-corrected chi connectivity index (χ3v) is 5.23. The van der Waals surface area contributed by atoms with E-state index in [1.54, 1.807) is 0 Å². The molecule has 0 bridgehead atoms. The van der Waals surface area contributed by atoms with Crippen LogP contribution in [0.4, 0.5) is 5.69 Å². The van der Waals surface area contributed by atoms with E-state index in [0.29, 0.717) is 19.8 Å². The van der Waals surface area contributed by atoms with E-state index in [-0.39, 0.29) is 11.9 Å².